The summed E-state index contributed by atoms with van der Waals surface area (Å²) >= 11 is 0. The molecule has 0 bridgehead atoms. The highest BCUT2D eigenvalue weighted by atomic mass is 16.1. The number of likely N-dealkylation sites (N-methyl/N-ethyl adjacent to an activating group) is 1. The van der Waals surface area contributed by atoms with E-state index in [9.17, 15) is 4.79 Å². The minimum absolute atomic E-state index is 0.122. The number of anilines is 1. The molecule has 5 heteroatoms. The molecule has 1 fully saturated rings. The van der Waals surface area contributed by atoms with E-state index in [4.69, 9.17) is 5.73 Å². The number of carbonyl (C=O) groups excluding carboxylic acids is 1. The molecule has 2 rings (SSSR count). The zero-order valence-corrected chi connectivity index (χ0v) is 10.7. The van der Waals surface area contributed by atoms with E-state index in [1.165, 1.54) is 6.20 Å². The standard InChI is InChI=1S/C13H20N4O/c1-2-17-7-3-4-10(9-17)16-13(18)11-8-15-6-5-12(11)14/h5-6,8,10H,2-4,7,9H2,1H3,(H2,14,15)(H,16,18). The van der Waals surface area contributed by atoms with Crippen LogP contribution in [0.5, 0.6) is 0 Å². The monoisotopic (exact) mass is 248 g/mol. The van der Waals surface area contributed by atoms with Gasteiger partial charge in [0.05, 0.1) is 5.56 Å². The van der Waals surface area contributed by atoms with Gasteiger partial charge in [-0.1, -0.05) is 6.92 Å². The van der Waals surface area contributed by atoms with E-state index in [-0.39, 0.29) is 11.9 Å². The van der Waals surface area contributed by atoms with Crippen molar-refractivity contribution in [2.75, 3.05) is 25.4 Å². The molecule has 5 nitrogen and oxygen atoms in total. The van der Waals surface area contributed by atoms with Crippen LogP contribution in [-0.4, -0.2) is 41.5 Å². The molecule has 0 saturated carbocycles. The van der Waals surface area contributed by atoms with Gasteiger partial charge in [-0.3, -0.25) is 9.78 Å². The minimum atomic E-state index is -0.122. The van der Waals surface area contributed by atoms with Gasteiger partial charge >= 0.3 is 0 Å². The van der Waals surface area contributed by atoms with E-state index in [0.29, 0.717) is 11.3 Å². The second kappa shape index (κ2) is 5.82. The van der Waals surface area contributed by atoms with E-state index >= 15 is 0 Å². The maximum Gasteiger partial charge on any atom is 0.255 e. The smallest absolute Gasteiger partial charge is 0.255 e. The Morgan fingerprint density at radius 3 is 3.22 bits per heavy atom. The molecule has 18 heavy (non-hydrogen) atoms. The van der Waals surface area contributed by atoms with Crippen molar-refractivity contribution >= 4 is 11.6 Å². The summed E-state index contributed by atoms with van der Waals surface area (Å²) in [5.41, 5.74) is 6.71. The SMILES string of the molecule is CCN1CCCC(NC(=O)c2cnccc2N)C1. The van der Waals surface area contributed by atoms with Gasteiger partial charge in [-0.15, -0.1) is 0 Å². The summed E-state index contributed by atoms with van der Waals surface area (Å²) in [5.74, 6) is -0.122. The normalized spacial score (nSPS) is 20.6. The molecule has 3 N–H and O–H groups in total. The Morgan fingerprint density at radius 2 is 2.50 bits per heavy atom. The molecule has 1 atom stereocenters. The van der Waals surface area contributed by atoms with Gasteiger partial charge in [0.25, 0.3) is 5.91 Å². The van der Waals surface area contributed by atoms with Crippen molar-refractivity contribution in [3.05, 3.63) is 24.0 Å². The van der Waals surface area contributed by atoms with Crippen LogP contribution < -0.4 is 11.1 Å². The molecule has 0 spiro atoms. The highest BCUT2D eigenvalue weighted by molar-refractivity contribution is 5.98. The van der Waals surface area contributed by atoms with Gasteiger partial charge in [0.2, 0.25) is 0 Å². The number of pyridine rings is 1. The zero-order valence-electron chi connectivity index (χ0n) is 10.7. The number of nitrogens with zero attached hydrogens (tertiary/aromatic N) is 2. The number of nitrogens with two attached hydrogens (primary N) is 1. The van der Waals surface area contributed by atoms with Crippen LogP contribution in [0.4, 0.5) is 5.69 Å². The van der Waals surface area contributed by atoms with E-state index in [1.807, 2.05) is 0 Å². The lowest BCUT2D eigenvalue weighted by atomic mass is 10.1. The molecule has 1 aliphatic heterocycles. The predicted molar refractivity (Wildman–Crippen MR) is 71.3 cm³/mol. The van der Waals surface area contributed by atoms with Crippen LogP contribution >= 0.6 is 0 Å². The van der Waals surface area contributed by atoms with Crippen LogP contribution in [0.3, 0.4) is 0 Å². The van der Waals surface area contributed by atoms with Gasteiger partial charge in [0.1, 0.15) is 0 Å². The molecular formula is C13H20N4O. The number of hydrogen-bond donors (Lipinski definition) is 2. The Hall–Kier alpha value is -1.62. The number of hydrogen-bond acceptors (Lipinski definition) is 4. The van der Waals surface area contributed by atoms with Gasteiger partial charge in [0.15, 0.2) is 0 Å². The number of carbonyl (C=O) groups is 1. The second-order valence-corrected chi connectivity index (χ2v) is 4.67. The fourth-order valence-electron chi connectivity index (χ4n) is 2.32. The quantitative estimate of drug-likeness (QED) is 0.833. The first-order valence-corrected chi connectivity index (χ1v) is 6.43. The van der Waals surface area contributed by atoms with Crippen molar-refractivity contribution in [1.82, 2.24) is 15.2 Å². The number of piperidine rings is 1. The first-order valence-electron chi connectivity index (χ1n) is 6.43. The number of aromatic nitrogens is 1. The summed E-state index contributed by atoms with van der Waals surface area (Å²) in [6, 6.07) is 1.86. The summed E-state index contributed by atoms with van der Waals surface area (Å²) in [4.78, 5) is 18.4. The van der Waals surface area contributed by atoms with E-state index in [0.717, 1.165) is 32.5 Å². The van der Waals surface area contributed by atoms with Crippen molar-refractivity contribution in [2.24, 2.45) is 0 Å². The number of amides is 1. The zero-order chi connectivity index (χ0) is 13.0. The summed E-state index contributed by atoms with van der Waals surface area (Å²) in [5, 5.41) is 3.04. The molecule has 0 aliphatic carbocycles. The highest BCUT2D eigenvalue weighted by Gasteiger charge is 2.21. The van der Waals surface area contributed by atoms with Gasteiger partial charge in [-0.2, -0.15) is 0 Å². The summed E-state index contributed by atoms with van der Waals surface area (Å²) in [6.07, 6.45) is 5.26. The number of rotatable bonds is 3. The van der Waals surface area contributed by atoms with Gasteiger partial charge < -0.3 is 16.0 Å². The molecule has 1 aliphatic rings. The lowest BCUT2D eigenvalue weighted by molar-refractivity contribution is 0.0906. The summed E-state index contributed by atoms with van der Waals surface area (Å²) in [7, 11) is 0. The molecule has 1 unspecified atom stereocenters. The fourth-order valence-corrected chi connectivity index (χ4v) is 2.32. The number of likely N-dealkylation sites (tertiary alicyclic amines) is 1. The maximum atomic E-state index is 12.1. The molecular weight excluding hydrogens is 228 g/mol. The number of nitrogen functional groups attached to an aromatic ring is 1. The van der Waals surface area contributed by atoms with Crippen LogP contribution in [-0.2, 0) is 0 Å². The topological polar surface area (TPSA) is 71.2 Å². The lowest BCUT2D eigenvalue weighted by Crippen LogP contribution is -2.47. The Balaban J connectivity index is 1.97. The summed E-state index contributed by atoms with van der Waals surface area (Å²) < 4.78 is 0. The average molecular weight is 248 g/mol. The second-order valence-electron chi connectivity index (χ2n) is 4.67. The van der Waals surface area contributed by atoms with Crippen LogP contribution in [0.25, 0.3) is 0 Å². The largest absolute Gasteiger partial charge is 0.398 e. The molecule has 1 aromatic rings. The first kappa shape index (κ1) is 12.8. The third-order valence-electron chi connectivity index (χ3n) is 3.39. The van der Waals surface area contributed by atoms with Crippen LogP contribution in [0.2, 0.25) is 0 Å². The fraction of sp³-hybridized carbons (Fsp3) is 0.538. The minimum Gasteiger partial charge on any atom is -0.398 e. The van der Waals surface area contributed by atoms with E-state index in [2.05, 4.69) is 22.1 Å². The average Bonchev–Trinajstić information content (AvgIpc) is 2.39. The van der Waals surface area contributed by atoms with Crippen LogP contribution in [0.1, 0.15) is 30.1 Å². The van der Waals surface area contributed by atoms with Crippen molar-refractivity contribution in [3.63, 3.8) is 0 Å². The van der Waals surface area contributed by atoms with Gasteiger partial charge in [-0.25, -0.2) is 0 Å². The number of nitrogens with one attached hydrogen (secondary N) is 1. The maximum absolute atomic E-state index is 12.1. The van der Waals surface area contributed by atoms with Gasteiger partial charge in [0, 0.05) is 30.7 Å². The summed E-state index contributed by atoms with van der Waals surface area (Å²) in [6.45, 7) is 5.21. The third kappa shape index (κ3) is 2.98. The van der Waals surface area contributed by atoms with Crippen molar-refractivity contribution in [1.29, 1.82) is 0 Å². The van der Waals surface area contributed by atoms with E-state index in [1.54, 1.807) is 12.3 Å². The molecule has 0 aromatic carbocycles. The predicted octanol–water partition coefficient (Wildman–Crippen LogP) is 0.878. The Labute approximate surface area is 107 Å². The lowest BCUT2D eigenvalue weighted by Gasteiger charge is -2.32. The Bertz CT molecular complexity index is 421. The van der Waals surface area contributed by atoms with Crippen molar-refractivity contribution < 1.29 is 4.79 Å². The molecule has 1 amide bonds. The van der Waals surface area contributed by atoms with Crippen LogP contribution in [0, 0.1) is 0 Å². The molecule has 0 radical (unpaired) electrons. The molecule has 98 valence electrons. The van der Waals surface area contributed by atoms with Crippen molar-refractivity contribution in [3.8, 4) is 0 Å². The highest BCUT2D eigenvalue weighted by Crippen LogP contribution is 2.12. The third-order valence-corrected chi connectivity index (χ3v) is 3.39. The Morgan fingerprint density at radius 1 is 1.67 bits per heavy atom. The van der Waals surface area contributed by atoms with Crippen LogP contribution in [0.15, 0.2) is 18.5 Å². The Kier molecular flexibility index (Phi) is 4.15. The van der Waals surface area contributed by atoms with Gasteiger partial charge in [-0.05, 0) is 32.0 Å². The molecule has 1 aromatic heterocycles. The molecule has 1 saturated heterocycles. The van der Waals surface area contributed by atoms with E-state index < -0.39 is 0 Å². The first-order chi connectivity index (χ1) is 8.70. The van der Waals surface area contributed by atoms with Crippen molar-refractivity contribution in [2.45, 2.75) is 25.8 Å². The molecule has 2 heterocycles.